The predicted molar refractivity (Wildman–Crippen MR) is 79.4 cm³/mol. The fourth-order valence-corrected chi connectivity index (χ4v) is 2.23. The lowest BCUT2D eigenvalue weighted by atomic mass is 10.1. The Bertz CT molecular complexity index is 690. The molecule has 22 heavy (non-hydrogen) atoms. The van der Waals surface area contributed by atoms with Crippen molar-refractivity contribution in [2.75, 3.05) is 0 Å². The van der Waals surface area contributed by atoms with Crippen LogP contribution < -0.4 is 4.74 Å². The lowest BCUT2D eigenvalue weighted by molar-refractivity contribution is -0.385. The maximum atomic E-state index is 12.6. The Labute approximate surface area is 136 Å². The number of rotatable bonds is 4. The SMILES string of the molecule is O=[N+]([O-])c1ccc(OCc2ccc(C(F)(F)F)cc2I)nc1. The van der Waals surface area contributed by atoms with E-state index in [0.29, 0.717) is 9.13 Å². The van der Waals surface area contributed by atoms with Crippen LogP contribution in [0, 0.1) is 13.7 Å². The van der Waals surface area contributed by atoms with E-state index in [4.69, 9.17) is 4.74 Å². The lowest BCUT2D eigenvalue weighted by Gasteiger charge is -2.10. The second-order valence-corrected chi connectivity index (χ2v) is 5.37. The first-order chi connectivity index (χ1) is 10.3. The van der Waals surface area contributed by atoms with Crippen LogP contribution in [0.25, 0.3) is 0 Å². The molecule has 0 aliphatic heterocycles. The molecule has 0 amide bonds. The van der Waals surface area contributed by atoms with E-state index >= 15 is 0 Å². The summed E-state index contributed by atoms with van der Waals surface area (Å²) in [6.07, 6.45) is -3.34. The Morgan fingerprint density at radius 1 is 1.27 bits per heavy atom. The molecular weight excluding hydrogens is 416 g/mol. The van der Waals surface area contributed by atoms with E-state index in [1.165, 1.54) is 18.2 Å². The van der Waals surface area contributed by atoms with Crippen molar-refractivity contribution in [3.05, 3.63) is 61.3 Å². The van der Waals surface area contributed by atoms with E-state index in [9.17, 15) is 23.3 Å². The van der Waals surface area contributed by atoms with Crippen molar-refractivity contribution in [2.24, 2.45) is 0 Å². The summed E-state index contributed by atoms with van der Waals surface area (Å²) in [6.45, 7) is 0.0151. The van der Waals surface area contributed by atoms with Gasteiger partial charge in [0.05, 0.1) is 10.5 Å². The molecule has 2 rings (SSSR count). The Morgan fingerprint density at radius 3 is 2.50 bits per heavy atom. The van der Waals surface area contributed by atoms with E-state index in [-0.39, 0.29) is 18.2 Å². The summed E-state index contributed by atoms with van der Waals surface area (Å²) in [7, 11) is 0. The summed E-state index contributed by atoms with van der Waals surface area (Å²) in [4.78, 5) is 13.6. The number of nitro groups is 1. The van der Waals surface area contributed by atoms with Crippen LogP contribution in [0.3, 0.4) is 0 Å². The van der Waals surface area contributed by atoms with E-state index in [1.807, 2.05) is 0 Å². The van der Waals surface area contributed by atoms with Gasteiger partial charge in [-0.25, -0.2) is 4.98 Å². The van der Waals surface area contributed by atoms with Crippen LogP contribution in [-0.2, 0) is 12.8 Å². The molecule has 0 N–H and O–H groups in total. The first kappa shape index (κ1) is 16.5. The van der Waals surface area contributed by atoms with Crippen molar-refractivity contribution in [1.29, 1.82) is 0 Å². The quantitative estimate of drug-likeness (QED) is 0.420. The van der Waals surface area contributed by atoms with Gasteiger partial charge >= 0.3 is 6.18 Å². The summed E-state index contributed by atoms with van der Waals surface area (Å²) in [5.74, 6) is 0.154. The van der Waals surface area contributed by atoms with E-state index in [0.717, 1.165) is 18.3 Å². The number of aromatic nitrogens is 1. The van der Waals surface area contributed by atoms with Crippen LogP contribution >= 0.6 is 22.6 Å². The van der Waals surface area contributed by atoms with Crippen molar-refractivity contribution in [3.8, 4) is 5.88 Å². The van der Waals surface area contributed by atoms with Gasteiger partial charge in [0, 0.05) is 21.3 Å². The van der Waals surface area contributed by atoms with Gasteiger partial charge < -0.3 is 4.74 Å². The largest absolute Gasteiger partial charge is 0.473 e. The van der Waals surface area contributed by atoms with Crippen LogP contribution in [0.4, 0.5) is 18.9 Å². The number of ether oxygens (including phenoxy) is 1. The first-order valence-corrected chi connectivity index (χ1v) is 6.94. The molecule has 0 radical (unpaired) electrons. The Hall–Kier alpha value is -1.91. The standard InChI is InChI=1S/C13H8F3IN2O3/c14-13(15,16)9-2-1-8(11(17)5-9)7-22-12-4-3-10(6-18-12)19(20)21/h1-6H,7H2. The molecule has 0 saturated heterocycles. The molecule has 0 aliphatic rings. The number of hydrogen-bond donors (Lipinski definition) is 0. The number of alkyl halides is 3. The minimum atomic E-state index is -4.39. The number of pyridine rings is 1. The molecule has 0 spiro atoms. The Kier molecular flexibility index (Phi) is 4.84. The van der Waals surface area contributed by atoms with Crippen molar-refractivity contribution in [2.45, 2.75) is 12.8 Å². The average Bonchev–Trinajstić information content (AvgIpc) is 2.45. The molecule has 0 fully saturated rings. The van der Waals surface area contributed by atoms with Crippen LogP contribution in [0.1, 0.15) is 11.1 Å². The smallest absolute Gasteiger partial charge is 0.416 e. The second kappa shape index (κ2) is 6.46. The second-order valence-electron chi connectivity index (χ2n) is 4.20. The highest BCUT2D eigenvalue weighted by molar-refractivity contribution is 14.1. The highest BCUT2D eigenvalue weighted by Gasteiger charge is 2.30. The monoisotopic (exact) mass is 424 g/mol. The van der Waals surface area contributed by atoms with Crippen LogP contribution in [0.2, 0.25) is 0 Å². The minimum absolute atomic E-state index is 0.0151. The molecule has 0 atom stereocenters. The van der Waals surface area contributed by atoms with Crippen molar-refractivity contribution < 1.29 is 22.8 Å². The average molecular weight is 424 g/mol. The van der Waals surface area contributed by atoms with Gasteiger partial charge in [0.25, 0.3) is 5.69 Å². The Morgan fingerprint density at radius 2 is 2.00 bits per heavy atom. The predicted octanol–water partition coefficient (Wildman–Crippen LogP) is 4.19. The molecular formula is C13H8F3IN2O3. The van der Waals surface area contributed by atoms with Crippen molar-refractivity contribution in [1.82, 2.24) is 4.98 Å². The third kappa shape index (κ3) is 4.06. The molecule has 0 bridgehead atoms. The number of halogens is 4. The van der Waals surface area contributed by atoms with Gasteiger partial charge in [-0.2, -0.15) is 13.2 Å². The molecule has 0 saturated carbocycles. The number of hydrogen-bond acceptors (Lipinski definition) is 4. The summed E-state index contributed by atoms with van der Waals surface area (Å²) in [5, 5.41) is 10.5. The third-order valence-electron chi connectivity index (χ3n) is 2.69. The van der Waals surface area contributed by atoms with Gasteiger partial charge in [-0.3, -0.25) is 10.1 Å². The fraction of sp³-hybridized carbons (Fsp3) is 0.154. The number of benzene rings is 1. The van der Waals surface area contributed by atoms with Gasteiger partial charge in [0.15, 0.2) is 0 Å². The zero-order valence-corrected chi connectivity index (χ0v) is 13.0. The van der Waals surface area contributed by atoms with Gasteiger partial charge in [-0.1, -0.05) is 6.07 Å². The summed E-state index contributed by atoms with van der Waals surface area (Å²) in [6, 6.07) is 5.90. The van der Waals surface area contributed by atoms with Gasteiger partial charge in [0.1, 0.15) is 12.8 Å². The molecule has 9 heteroatoms. The number of nitrogens with zero attached hydrogens (tertiary/aromatic N) is 2. The first-order valence-electron chi connectivity index (χ1n) is 5.86. The summed E-state index contributed by atoms with van der Waals surface area (Å²) in [5.41, 5.74) is -0.334. The van der Waals surface area contributed by atoms with Crippen LogP contribution in [0.15, 0.2) is 36.5 Å². The molecule has 2 aromatic rings. The van der Waals surface area contributed by atoms with E-state index in [1.54, 1.807) is 22.6 Å². The maximum absolute atomic E-state index is 12.6. The normalized spacial score (nSPS) is 11.3. The summed E-state index contributed by atoms with van der Waals surface area (Å²) >= 11 is 1.79. The highest BCUT2D eigenvalue weighted by Crippen LogP contribution is 2.31. The van der Waals surface area contributed by atoms with Gasteiger partial charge in [0.2, 0.25) is 5.88 Å². The molecule has 0 unspecified atom stereocenters. The third-order valence-corrected chi connectivity index (χ3v) is 3.69. The topological polar surface area (TPSA) is 65.3 Å². The zero-order chi connectivity index (χ0) is 16.3. The van der Waals surface area contributed by atoms with Crippen molar-refractivity contribution in [3.63, 3.8) is 0 Å². The highest BCUT2D eigenvalue weighted by atomic mass is 127. The summed E-state index contributed by atoms with van der Waals surface area (Å²) < 4.78 is 43.4. The molecule has 5 nitrogen and oxygen atoms in total. The van der Waals surface area contributed by atoms with Gasteiger partial charge in [-0.05, 0) is 34.7 Å². The molecule has 1 aromatic heterocycles. The lowest BCUT2D eigenvalue weighted by Crippen LogP contribution is -2.07. The maximum Gasteiger partial charge on any atom is 0.416 e. The van der Waals surface area contributed by atoms with Crippen LogP contribution in [0.5, 0.6) is 5.88 Å². The van der Waals surface area contributed by atoms with E-state index in [2.05, 4.69) is 4.98 Å². The van der Waals surface area contributed by atoms with Gasteiger partial charge in [-0.15, -0.1) is 0 Å². The minimum Gasteiger partial charge on any atom is -0.473 e. The Balaban J connectivity index is 2.07. The van der Waals surface area contributed by atoms with Crippen molar-refractivity contribution >= 4 is 28.3 Å². The molecule has 1 heterocycles. The molecule has 0 aliphatic carbocycles. The fourth-order valence-electron chi connectivity index (χ4n) is 1.56. The molecule has 116 valence electrons. The zero-order valence-electron chi connectivity index (χ0n) is 10.8. The van der Waals surface area contributed by atoms with Crippen LogP contribution in [-0.4, -0.2) is 9.91 Å². The molecule has 1 aromatic carbocycles. The van der Waals surface area contributed by atoms with E-state index < -0.39 is 16.7 Å².